The van der Waals surface area contributed by atoms with Crippen LogP contribution >= 0.6 is 0 Å². The number of nitrogens with zero attached hydrogens (tertiary/aromatic N) is 4. The fourth-order valence-corrected chi connectivity index (χ4v) is 3.65. The molecule has 2 amide bonds. The maximum absolute atomic E-state index is 13.0. The van der Waals surface area contributed by atoms with Gasteiger partial charge in [-0.3, -0.25) is 20.0 Å². The molecule has 9 nitrogen and oxygen atoms in total. The summed E-state index contributed by atoms with van der Waals surface area (Å²) in [6, 6.07) is 14.0. The topological polar surface area (TPSA) is 98.6 Å². The van der Waals surface area contributed by atoms with Crippen LogP contribution in [-0.4, -0.2) is 61.6 Å². The van der Waals surface area contributed by atoms with Gasteiger partial charge >= 0.3 is 0 Å². The van der Waals surface area contributed by atoms with Gasteiger partial charge in [-0.1, -0.05) is 30.3 Å². The average molecular weight is 435 g/mol. The van der Waals surface area contributed by atoms with Crippen LogP contribution in [-0.2, 0) is 16.1 Å². The van der Waals surface area contributed by atoms with Gasteiger partial charge in [-0.05, 0) is 24.6 Å². The van der Waals surface area contributed by atoms with E-state index in [0.717, 1.165) is 11.3 Å². The van der Waals surface area contributed by atoms with E-state index in [1.54, 1.807) is 31.7 Å². The molecular weight excluding hydrogens is 408 g/mol. The third kappa shape index (κ3) is 4.72. The van der Waals surface area contributed by atoms with E-state index in [1.165, 1.54) is 4.90 Å². The Balaban J connectivity index is 1.37. The molecule has 0 spiro atoms. The summed E-state index contributed by atoms with van der Waals surface area (Å²) in [5.74, 6) is 0.00656. The van der Waals surface area contributed by atoms with Crippen molar-refractivity contribution in [3.05, 3.63) is 54.1 Å². The summed E-state index contributed by atoms with van der Waals surface area (Å²) in [7, 11) is 1.67. The van der Waals surface area contributed by atoms with Crippen molar-refractivity contribution in [1.82, 2.24) is 10.2 Å². The first kappa shape index (κ1) is 21.4. The van der Waals surface area contributed by atoms with Crippen LogP contribution in [0.5, 0.6) is 5.75 Å². The number of aliphatic imine (C=N–C) groups is 1. The van der Waals surface area contributed by atoms with Gasteiger partial charge in [0.15, 0.2) is 0 Å². The van der Waals surface area contributed by atoms with Crippen molar-refractivity contribution in [2.45, 2.75) is 25.6 Å². The van der Waals surface area contributed by atoms with Crippen LogP contribution in [0.25, 0.3) is 0 Å². The van der Waals surface area contributed by atoms with E-state index in [2.05, 4.69) is 20.8 Å². The molecule has 2 aliphatic rings. The van der Waals surface area contributed by atoms with Gasteiger partial charge in [0.1, 0.15) is 24.4 Å². The Hall–Kier alpha value is -3.88. The van der Waals surface area contributed by atoms with Crippen molar-refractivity contribution in [1.29, 1.82) is 0 Å². The smallest absolute Gasteiger partial charge is 0.252 e. The van der Waals surface area contributed by atoms with Crippen LogP contribution in [0.2, 0.25) is 0 Å². The monoisotopic (exact) mass is 434 g/mol. The maximum atomic E-state index is 13.0. The number of anilines is 2. The van der Waals surface area contributed by atoms with Crippen LogP contribution in [0.3, 0.4) is 0 Å². The van der Waals surface area contributed by atoms with E-state index in [-0.39, 0.29) is 18.4 Å². The molecule has 0 bridgehead atoms. The number of carbonyl (C=O) groups is 2. The standard InChI is InChI=1S/C23H26N6O3/c1-3-25-27-17-9-10-20-21(11-17)32-14-19(23(31)28(20)2)26-22(30)18-13-29(15-24-18)12-16-7-5-4-6-8-16/h3-11,15,18-19,27H,12-14H2,1-2H3,(H,26,30)/b25-3-. The minimum atomic E-state index is -0.802. The molecule has 2 aromatic rings. The molecule has 0 saturated carbocycles. The van der Waals surface area contributed by atoms with Crippen molar-refractivity contribution in [2.75, 3.05) is 30.5 Å². The average Bonchev–Trinajstić information content (AvgIpc) is 3.24. The number of rotatable bonds is 6. The first-order valence-electron chi connectivity index (χ1n) is 10.4. The van der Waals surface area contributed by atoms with E-state index in [9.17, 15) is 9.59 Å². The fourth-order valence-electron chi connectivity index (χ4n) is 3.65. The molecule has 2 aliphatic heterocycles. The molecule has 2 aromatic carbocycles. The number of benzene rings is 2. The van der Waals surface area contributed by atoms with Crippen molar-refractivity contribution < 1.29 is 14.3 Å². The molecular formula is C23H26N6O3. The highest BCUT2D eigenvalue weighted by Crippen LogP contribution is 2.33. The van der Waals surface area contributed by atoms with Gasteiger partial charge in [0.25, 0.3) is 5.91 Å². The first-order valence-corrected chi connectivity index (χ1v) is 10.4. The lowest BCUT2D eigenvalue weighted by Gasteiger charge is -2.22. The summed E-state index contributed by atoms with van der Waals surface area (Å²) >= 11 is 0. The lowest BCUT2D eigenvalue weighted by Crippen LogP contribution is -2.52. The van der Waals surface area contributed by atoms with E-state index < -0.39 is 12.1 Å². The molecule has 0 aliphatic carbocycles. The minimum Gasteiger partial charge on any atom is -0.489 e. The zero-order valence-electron chi connectivity index (χ0n) is 18.1. The van der Waals surface area contributed by atoms with Gasteiger partial charge in [-0.15, -0.1) is 0 Å². The van der Waals surface area contributed by atoms with E-state index >= 15 is 0 Å². The quantitative estimate of drug-likeness (QED) is 0.534. The first-order chi connectivity index (χ1) is 15.5. The number of amides is 2. The molecule has 4 rings (SSSR count). The summed E-state index contributed by atoms with van der Waals surface area (Å²) in [5, 5.41) is 6.81. The highest BCUT2D eigenvalue weighted by Gasteiger charge is 2.33. The summed E-state index contributed by atoms with van der Waals surface area (Å²) in [5.41, 5.74) is 5.40. The van der Waals surface area contributed by atoms with Crippen LogP contribution in [0.15, 0.2) is 58.6 Å². The molecule has 2 atom stereocenters. The molecule has 2 heterocycles. The third-order valence-corrected chi connectivity index (χ3v) is 5.34. The Kier molecular flexibility index (Phi) is 6.34. The molecule has 0 aromatic heterocycles. The number of hydrogen-bond acceptors (Lipinski definition) is 7. The SMILES string of the molecule is C/C=N\Nc1ccc2c(c1)OCC(NC(=O)C1CN(Cc3ccccc3)C=N1)C(=O)N2C. The maximum Gasteiger partial charge on any atom is 0.252 e. The highest BCUT2D eigenvalue weighted by atomic mass is 16.5. The molecule has 0 fully saturated rings. The Labute approximate surface area is 186 Å². The van der Waals surface area contributed by atoms with Crippen molar-refractivity contribution in [2.24, 2.45) is 10.1 Å². The molecule has 0 radical (unpaired) electrons. The van der Waals surface area contributed by atoms with Gasteiger partial charge in [0.2, 0.25) is 5.91 Å². The number of likely N-dealkylation sites (N-methyl/N-ethyl adjacent to an activating group) is 1. The summed E-state index contributed by atoms with van der Waals surface area (Å²) in [6.45, 7) is 2.98. The summed E-state index contributed by atoms with van der Waals surface area (Å²) in [4.78, 5) is 33.6. The predicted molar refractivity (Wildman–Crippen MR) is 124 cm³/mol. The number of nitrogens with one attached hydrogen (secondary N) is 2. The normalized spacial score (nSPS) is 20.1. The zero-order chi connectivity index (χ0) is 22.5. The number of hydrogen-bond donors (Lipinski definition) is 2. The van der Waals surface area contributed by atoms with E-state index in [4.69, 9.17) is 4.74 Å². The zero-order valence-corrected chi connectivity index (χ0v) is 18.1. The van der Waals surface area contributed by atoms with Gasteiger partial charge in [0.05, 0.1) is 24.3 Å². The second-order valence-electron chi connectivity index (χ2n) is 7.65. The van der Waals surface area contributed by atoms with Crippen molar-refractivity contribution in [3.63, 3.8) is 0 Å². The van der Waals surface area contributed by atoms with Crippen molar-refractivity contribution in [3.8, 4) is 5.75 Å². The van der Waals surface area contributed by atoms with Crippen LogP contribution in [0.4, 0.5) is 11.4 Å². The Morgan fingerprint density at radius 3 is 2.88 bits per heavy atom. The second-order valence-corrected chi connectivity index (χ2v) is 7.65. The van der Waals surface area contributed by atoms with Gasteiger partial charge in [-0.2, -0.15) is 5.10 Å². The number of fused-ring (bicyclic) bond motifs is 1. The van der Waals surface area contributed by atoms with Gasteiger partial charge < -0.3 is 19.9 Å². The Morgan fingerprint density at radius 1 is 1.28 bits per heavy atom. The second kappa shape index (κ2) is 9.51. The summed E-state index contributed by atoms with van der Waals surface area (Å²) in [6.07, 6.45) is 3.33. The van der Waals surface area contributed by atoms with Crippen LogP contribution in [0.1, 0.15) is 12.5 Å². The molecule has 2 unspecified atom stereocenters. The largest absolute Gasteiger partial charge is 0.489 e. The minimum absolute atomic E-state index is 0.0343. The lowest BCUT2D eigenvalue weighted by atomic mass is 10.2. The lowest BCUT2D eigenvalue weighted by molar-refractivity contribution is -0.128. The number of hydrazone groups is 1. The van der Waals surface area contributed by atoms with Crippen LogP contribution < -0.4 is 20.4 Å². The fraction of sp³-hybridized carbons (Fsp3) is 0.304. The third-order valence-electron chi connectivity index (χ3n) is 5.34. The molecule has 2 N–H and O–H groups in total. The molecule has 9 heteroatoms. The predicted octanol–water partition coefficient (Wildman–Crippen LogP) is 1.86. The number of ether oxygens (including phenoxy) is 1. The van der Waals surface area contributed by atoms with Gasteiger partial charge in [-0.25, -0.2) is 0 Å². The van der Waals surface area contributed by atoms with E-state index in [0.29, 0.717) is 24.5 Å². The highest BCUT2D eigenvalue weighted by molar-refractivity contribution is 6.01. The number of carbonyl (C=O) groups excluding carboxylic acids is 2. The summed E-state index contributed by atoms with van der Waals surface area (Å²) < 4.78 is 5.87. The molecule has 0 saturated heterocycles. The van der Waals surface area contributed by atoms with Crippen molar-refractivity contribution >= 4 is 35.7 Å². The Morgan fingerprint density at radius 2 is 2.09 bits per heavy atom. The van der Waals surface area contributed by atoms with Crippen LogP contribution in [0, 0.1) is 0 Å². The molecule has 32 heavy (non-hydrogen) atoms. The molecule has 166 valence electrons. The van der Waals surface area contributed by atoms with E-state index in [1.807, 2.05) is 48.2 Å². The Bertz CT molecular complexity index is 1040. The van der Waals surface area contributed by atoms with Gasteiger partial charge in [0, 0.05) is 25.9 Å².